The van der Waals surface area contributed by atoms with Gasteiger partial charge in [0.15, 0.2) is 11.5 Å². The van der Waals surface area contributed by atoms with E-state index in [1.54, 1.807) is 42.5 Å². The van der Waals surface area contributed by atoms with E-state index in [4.69, 9.17) is 14.2 Å². The highest BCUT2D eigenvalue weighted by molar-refractivity contribution is 5.87. The molecule has 2 aromatic carbocycles. The number of esters is 1. The van der Waals surface area contributed by atoms with Gasteiger partial charge in [0.1, 0.15) is 6.61 Å². The molecule has 3 rings (SSSR count). The molecule has 7 heteroatoms. The lowest BCUT2D eigenvalue weighted by molar-refractivity contribution is -0.385. The van der Waals surface area contributed by atoms with Crippen LogP contribution in [0.1, 0.15) is 11.1 Å². The van der Waals surface area contributed by atoms with Crippen molar-refractivity contribution >= 4 is 17.7 Å². The van der Waals surface area contributed by atoms with E-state index in [1.165, 1.54) is 12.1 Å². The summed E-state index contributed by atoms with van der Waals surface area (Å²) < 4.78 is 15.5. The Labute approximate surface area is 137 Å². The molecule has 2 aromatic rings. The first-order chi connectivity index (χ1) is 11.6. The second kappa shape index (κ2) is 6.82. The molecular weight excluding hydrogens is 314 g/mol. The molecule has 0 N–H and O–H groups in total. The first-order valence-corrected chi connectivity index (χ1v) is 7.10. The third-order valence-corrected chi connectivity index (χ3v) is 3.37. The number of carbonyl (C=O) groups is 1. The molecule has 0 spiro atoms. The minimum absolute atomic E-state index is 0.0787. The molecule has 0 aliphatic carbocycles. The summed E-state index contributed by atoms with van der Waals surface area (Å²) in [6.45, 7) is 0.0157. The first-order valence-electron chi connectivity index (χ1n) is 7.10. The van der Waals surface area contributed by atoms with Gasteiger partial charge in [0.25, 0.3) is 5.69 Å². The lowest BCUT2D eigenvalue weighted by Crippen LogP contribution is -2.03. The number of benzene rings is 2. The molecule has 0 amide bonds. The highest BCUT2D eigenvalue weighted by atomic mass is 16.7. The molecule has 1 aliphatic rings. The van der Waals surface area contributed by atoms with Crippen LogP contribution >= 0.6 is 0 Å². The van der Waals surface area contributed by atoms with Crippen molar-refractivity contribution in [1.82, 2.24) is 0 Å². The molecule has 0 aromatic heterocycles. The summed E-state index contributed by atoms with van der Waals surface area (Å²) in [4.78, 5) is 22.2. The lowest BCUT2D eigenvalue weighted by atomic mass is 10.2. The van der Waals surface area contributed by atoms with Gasteiger partial charge in [0, 0.05) is 12.1 Å². The number of hydrogen-bond donors (Lipinski definition) is 0. The molecular formula is C17H13NO6. The minimum atomic E-state index is -0.592. The zero-order chi connectivity index (χ0) is 16.9. The van der Waals surface area contributed by atoms with E-state index in [0.717, 1.165) is 5.56 Å². The number of nitrogens with zero attached hydrogens (tertiary/aromatic N) is 1. The Morgan fingerprint density at radius 1 is 1.21 bits per heavy atom. The molecule has 0 unspecified atom stereocenters. The predicted molar refractivity (Wildman–Crippen MR) is 84.5 cm³/mol. The van der Waals surface area contributed by atoms with Gasteiger partial charge in [0.05, 0.1) is 10.5 Å². The highest BCUT2D eigenvalue weighted by Crippen LogP contribution is 2.32. The second-order valence-electron chi connectivity index (χ2n) is 4.94. The van der Waals surface area contributed by atoms with Crippen molar-refractivity contribution in [2.45, 2.75) is 6.61 Å². The van der Waals surface area contributed by atoms with Crippen molar-refractivity contribution in [1.29, 1.82) is 0 Å². The summed E-state index contributed by atoms with van der Waals surface area (Å²) in [5, 5.41) is 10.9. The van der Waals surface area contributed by atoms with Gasteiger partial charge in [-0.15, -0.1) is 0 Å². The normalized spacial score (nSPS) is 12.3. The van der Waals surface area contributed by atoms with Crippen LogP contribution in [0.5, 0.6) is 11.5 Å². The fourth-order valence-electron chi connectivity index (χ4n) is 2.19. The molecule has 7 nitrogen and oxygen atoms in total. The topological polar surface area (TPSA) is 87.9 Å². The van der Waals surface area contributed by atoms with Crippen LogP contribution in [0.25, 0.3) is 6.08 Å². The molecule has 1 heterocycles. The predicted octanol–water partition coefficient (Wildman–Crippen LogP) is 3.08. The average Bonchev–Trinajstić information content (AvgIpc) is 3.06. The van der Waals surface area contributed by atoms with E-state index in [9.17, 15) is 14.9 Å². The summed E-state index contributed by atoms with van der Waals surface area (Å²) >= 11 is 0. The summed E-state index contributed by atoms with van der Waals surface area (Å²) in [6.07, 6.45) is 2.83. The quantitative estimate of drug-likeness (QED) is 0.363. The molecule has 0 bridgehead atoms. The van der Waals surface area contributed by atoms with E-state index in [0.29, 0.717) is 17.1 Å². The van der Waals surface area contributed by atoms with Gasteiger partial charge in [-0.3, -0.25) is 10.1 Å². The van der Waals surface area contributed by atoms with Crippen molar-refractivity contribution in [2.75, 3.05) is 6.79 Å². The second-order valence-corrected chi connectivity index (χ2v) is 4.94. The number of para-hydroxylation sites is 1. The number of rotatable bonds is 5. The number of ether oxygens (including phenoxy) is 3. The molecule has 0 radical (unpaired) electrons. The van der Waals surface area contributed by atoms with E-state index >= 15 is 0 Å². The maximum Gasteiger partial charge on any atom is 0.331 e. The van der Waals surface area contributed by atoms with Gasteiger partial charge in [0.2, 0.25) is 6.79 Å². The largest absolute Gasteiger partial charge is 0.457 e. The summed E-state index contributed by atoms with van der Waals surface area (Å²) in [5.74, 6) is 0.683. The molecule has 0 saturated carbocycles. The van der Waals surface area contributed by atoms with E-state index in [2.05, 4.69) is 0 Å². The van der Waals surface area contributed by atoms with Crippen LogP contribution in [-0.4, -0.2) is 17.7 Å². The average molecular weight is 327 g/mol. The van der Waals surface area contributed by atoms with Gasteiger partial charge in [-0.2, -0.15) is 0 Å². The third-order valence-electron chi connectivity index (χ3n) is 3.37. The summed E-state index contributed by atoms with van der Waals surface area (Å²) in [6, 6.07) is 11.4. The standard InChI is InChI=1S/C17H13NO6/c19-17(22-10-13-3-1-2-4-14(13)18(20)21)8-6-12-5-7-15-16(9-12)24-11-23-15/h1-9H,10-11H2/b8-6+. The van der Waals surface area contributed by atoms with Gasteiger partial charge < -0.3 is 14.2 Å². The Kier molecular flexibility index (Phi) is 4.42. The van der Waals surface area contributed by atoms with Crippen LogP contribution in [0.4, 0.5) is 5.69 Å². The van der Waals surface area contributed by atoms with Crippen molar-refractivity contribution in [3.8, 4) is 11.5 Å². The Morgan fingerprint density at radius 3 is 2.83 bits per heavy atom. The lowest BCUT2D eigenvalue weighted by Gasteiger charge is -2.03. The molecule has 24 heavy (non-hydrogen) atoms. The summed E-state index contributed by atoms with van der Waals surface area (Å²) in [5.41, 5.74) is 1.01. The van der Waals surface area contributed by atoms with E-state index < -0.39 is 10.9 Å². The van der Waals surface area contributed by atoms with Crippen molar-refractivity contribution in [2.24, 2.45) is 0 Å². The smallest absolute Gasteiger partial charge is 0.331 e. The number of fused-ring (bicyclic) bond motifs is 1. The fraction of sp³-hybridized carbons (Fsp3) is 0.118. The van der Waals surface area contributed by atoms with Crippen LogP contribution in [0, 0.1) is 10.1 Å². The maximum absolute atomic E-state index is 11.8. The monoisotopic (exact) mass is 327 g/mol. The van der Waals surface area contributed by atoms with Crippen LogP contribution < -0.4 is 9.47 Å². The number of nitro groups is 1. The minimum Gasteiger partial charge on any atom is -0.457 e. The van der Waals surface area contributed by atoms with Gasteiger partial charge in [-0.1, -0.05) is 18.2 Å². The molecule has 0 atom stereocenters. The highest BCUT2D eigenvalue weighted by Gasteiger charge is 2.14. The number of hydrogen-bond acceptors (Lipinski definition) is 6. The molecule has 122 valence electrons. The van der Waals surface area contributed by atoms with Gasteiger partial charge in [-0.25, -0.2) is 4.79 Å². The maximum atomic E-state index is 11.8. The first kappa shape index (κ1) is 15.5. The Balaban J connectivity index is 1.61. The van der Waals surface area contributed by atoms with Crippen molar-refractivity contribution in [3.63, 3.8) is 0 Å². The SMILES string of the molecule is O=C(/C=C/c1ccc2c(c1)OCO2)OCc1ccccc1[N+](=O)[O-]. The van der Waals surface area contributed by atoms with E-state index in [1.807, 2.05) is 0 Å². The van der Waals surface area contributed by atoms with Crippen LogP contribution in [0.15, 0.2) is 48.5 Å². The Morgan fingerprint density at radius 2 is 2.00 bits per heavy atom. The zero-order valence-corrected chi connectivity index (χ0v) is 12.5. The Bertz CT molecular complexity index is 814. The van der Waals surface area contributed by atoms with Crippen molar-refractivity contribution < 1.29 is 23.9 Å². The van der Waals surface area contributed by atoms with Crippen LogP contribution in [0.2, 0.25) is 0 Å². The third kappa shape index (κ3) is 3.52. The van der Waals surface area contributed by atoms with Gasteiger partial charge >= 0.3 is 5.97 Å². The van der Waals surface area contributed by atoms with Crippen LogP contribution in [0.3, 0.4) is 0 Å². The molecule has 1 aliphatic heterocycles. The van der Waals surface area contributed by atoms with Crippen LogP contribution in [-0.2, 0) is 16.1 Å². The van der Waals surface area contributed by atoms with E-state index in [-0.39, 0.29) is 19.1 Å². The Hall–Kier alpha value is -3.35. The molecule has 0 saturated heterocycles. The van der Waals surface area contributed by atoms with Crippen molar-refractivity contribution in [3.05, 3.63) is 69.8 Å². The van der Waals surface area contributed by atoms with Gasteiger partial charge in [-0.05, 0) is 29.8 Å². The fourth-order valence-corrected chi connectivity index (χ4v) is 2.19. The number of nitro benzene ring substituents is 1. The zero-order valence-electron chi connectivity index (χ0n) is 12.5. The number of carbonyl (C=O) groups excluding carboxylic acids is 1. The molecule has 0 fully saturated rings. The summed E-state index contributed by atoms with van der Waals surface area (Å²) in [7, 11) is 0.